The quantitative estimate of drug-likeness (QED) is 0.540. The molecule has 110 valence electrons. The zero-order chi connectivity index (χ0) is 14.7. The summed E-state index contributed by atoms with van der Waals surface area (Å²) in [5.74, 6) is -1.75. The molecule has 4 N–H and O–H groups in total. The number of hydrogen-bond donors (Lipinski definition) is 4. The highest BCUT2D eigenvalue weighted by atomic mass is 16.5. The number of ether oxygens (including phenoxy) is 1. The third kappa shape index (κ3) is 3.16. The van der Waals surface area contributed by atoms with Crippen LogP contribution in [0, 0.1) is 5.92 Å². The van der Waals surface area contributed by atoms with Crippen LogP contribution in [-0.4, -0.2) is 50.8 Å². The molecule has 0 saturated heterocycles. The van der Waals surface area contributed by atoms with Crippen molar-refractivity contribution in [3.8, 4) is 0 Å². The average Bonchev–Trinajstić information content (AvgIpc) is 2.47. The van der Waals surface area contributed by atoms with E-state index in [-0.39, 0.29) is 13.0 Å². The number of aliphatic hydroxyl groups excluding tert-OH is 4. The lowest BCUT2D eigenvalue weighted by Gasteiger charge is -2.36. The molecule has 0 heterocycles. The van der Waals surface area contributed by atoms with E-state index in [1.54, 1.807) is 12.1 Å². The van der Waals surface area contributed by atoms with Crippen molar-refractivity contribution in [3.63, 3.8) is 0 Å². The van der Waals surface area contributed by atoms with Gasteiger partial charge >= 0.3 is 5.97 Å². The minimum Gasteiger partial charge on any atom is -0.461 e. The van der Waals surface area contributed by atoms with Gasteiger partial charge in [0.05, 0.1) is 18.1 Å². The number of rotatable bonds is 3. The lowest BCUT2D eigenvalue weighted by Crippen LogP contribution is -2.55. The standard InChI is InChI=1S/C14H18O6/c15-10-6-9(11(16)13(18)12(10)17)14(19)20-7-8-4-2-1-3-5-8/h1-5,9-13,15-18H,6-7H2. The minimum absolute atomic E-state index is 0.0532. The van der Waals surface area contributed by atoms with E-state index in [2.05, 4.69) is 0 Å². The van der Waals surface area contributed by atoms with Crippen LogP contribution in [-0.2, 0) is 16.1 Å². The van der Waals surface area contributed by atoms with Crippen molar-refractivity contribution in [2.45, 2.75) is 37.4 Å². The molecule has 1 aromatic carbocycles. The second-order valence-corrected chi connectivity index (χ2v) is 4.97. The topological polar surface area (TPSA) is 107 Å². The lowest BCUT2D eigenvalue weighted by molar-refractivity contribution is -0.183. The van der Waals surface area contributed by atoms with Gasteiger partial charge in [0.15, 0.2) is 0 Å². The highest BCUT2D eigenvalue weighted by Gasteiger charge is 2.45. The molecule has 1 aliphatic rings. The van der Waals surface area contributed by atoms with E-state index in [1.165, 1.54) is 0 Å². The molecule has 0 aromatic heterocycles. The molecule has 0 radical (unpaired) electrons. The molecule has 2 rings (SSSR count). The first-order valence-electron chi connectivity index (χ1n) is 6.43. The molecule has 5 unspecified atom stereocenters. The Morgan fingerprint density at radius 1 is 1.05 bits per heavy atom. The van der Waals surface area contributed by atoms with Gasteiger partial charge in [-0.25, -0.2) is 0 Å². The average molecular weight is 282 g/mol. The van der Waals surface area contributed by atoms with Crippen LogP contribution >= 0.6 is 0 Å². The van der Waals surface area contributed by atoms with Gasteiger partial charge < -0.3 is 25.2 Å². The highest BCUT2D eigenvalue weighted by molar-refractivity contribution is 5.73. The Hall–Kier alpha value is -1.47. The van der Waals surface area contributed by atoms with E-state index in [0.717, 1.165) is 5.56 Å². The summed E-state index contributed by atoms with van der Waals surface area (Å²) in [6, 6.07) is 9.03. The third-order valence-corrected chi connectivity index (χ3v) is 3.53. The van der Waals surface area contributed by atoms with Crippen LogP contribution in [0.1, 0.15) is 12.0 Å². The number of aliphatic hydroxyl groups is 4. The Morgan fingerprint density at radius 3 is 2.35 bits per heavy atom. The van der Waals surface area contributed by atoms with Gasteiger partial charge in [-0.1, -0.05) is 30.3 Å². The van der Waals surface area contributed by atoms with Crippen LogP contribution in [0.4, 0.5) is 0 Å². The zero-order valence-electron chi connectivity index (χ0n) is 10.8. The fourth-order valence-electron chi connectivity index (χ4n) is 2.28. The van der Waals surface area contributed by atoms with Gasteiger partial charge in [-0.15, -0.1) is 0 Å². The van der Waals surface area contributed by atoms with Crippen molar-refractivity contribution in [2.24, 2.45) is 5.92 Å². The molecular formula is C14H18O6. The van der Waals surface area contributed by atoms with Gasteiger partial charge in [-0.3, -0.25) is 4.79 Å². The second-order valence-electron chi connectivity index (χ2n) is 4.97. The summed E-state index contributed by atoms with van der Waals surface area (Å²) >= 11 is 0. The third-order valence-electron chi connectivity index (χ3n) is 3.53. The molecular weight excluding hydrogens is 264 g/mol. The van der Waals surface area contributed by atoms with E-state index in [0.29, 0.717) is 0 Å². The molecule has 0 bridgehead atoms. The lowest BCUT2D eigenvalue weighted by atomic mass is 9.81. The summed E-state index contributed by atoms with van der Waals surface area (Å²) < 4.78 is 5.07. The largest absolute Gasteiger partial charge is 0.461 e. The smallest absolute Gasteiger partial charge is 0.312 e. The number of hydrogen-bond acceptors (Lipinski definition) is 6. The second kappa shape index (κ2) is 6.32. The van der Waals surface area contributed by atoms with Crippen LogP contribution in [0.25, 0.3) is 0 Å². The normalized spacial score (nSPS) is 33.7. The van der Waals surface area contributed by atoms with Crippen molar-refractivity contribution < 1.29 is 30.0 Å². The zero-order valence-corrected chi connectivity index (χ0v) is 10.8. The predicted octanol–water partition coefficient (Wildman–Crippen LogP) is -0.807. The molecule has 0 spiro atoms. The minimum atomic E-state index is -1.56. The van der Waals surface area contributed by atoms with E-state index in [4.69, 9.17) is 4.74 Å². The van der Waals surface area contributed by atoms with Crippen LogP contribution < -0.4 is 0 Å². The summed E-state index contributed by atoms with van der Waals surface area (Å²) in [7, 11) is 0. The van der Waals surface area contributed by atoms with Crippen molar-refractivity contribution in [3.05, 3.63) is 35.9 Å². The SMILES string of the molecule is O=C(OCc1ccccc1)C1CC(O)C(O)C(O)C1O. The monoisotopic (exact) mass is 282 g/mol. The Balaban J connectivity index is 1.95. The first-order chi connectivity index (χ1) is 9.50. The number of benzene rings is 1. The summed E-state index contributed by atoms with van der Waals surface area (Å²) in [6.07, 6.45) is -5.87. The van der Waals surface area contributed by atoms with Gasteiger partial charge in [0.25, 0.3) is 0 Å². The van der Waals surface area contributed by atoms with E-state index >= 15 is 0 Å². The number of carbonyl (C=O) groups excluding carboxylic acids is 1. The van der Waals surface area contributed by atoms with Crippen molar-refractivity contribution in [1.29, 1.82) is 0 Å². The Kier molecular flexibility index (Phi) is 4.72. The molecule has 6 heteroatoms. The molecule has 5 atom stereocenters. The molecule has 0 amide bonds. The summed E-state index contributed by atoms with van der Waals surface area (Å²) in [5.41, 5.74) is 0.798. The maximum atomic E-state index is 11.9. The molecule has 1 fully saturated rings. The molecule has 0 aliphatic heterocycles. The molecule has 6 nitrogen and oxygen atoms in total. The number of carbonyl (C=O) groups is 1. The summed E-state index contributed by atoms with van der Waals surface area (Å²) in [4.78, 5) is 11.9. The van der Waals surface area contributed by atoms with E-state index < -0.39 is 36.3 Å². The van der Waals surface area contributed by atoms with Gasteiger partial charge in [0.1, 0.15) is 18.8 Å². The first kappa shape index (κ1) is 14.9. The fraction of sp³-hybridized carbons (Fsp3) is 0.500. The number of esters is 1. The predicted molar refractivity (Wildman–Crippen MR) is 68.4 cm³/mol. The summed E-state index contributed by atoms with van der Waals surface area (Å²) in [5, 5.41) is 38.3. The van der Waals surface area contributed by atoms with Gasteiger partial charge in [-0.2, -0.15) is 0 Å². The Labute approximate surface area is 116 Å². The maximum Gasteiger partial charge on any atom is 0.312 e. The molecule has 20 heavy (non-hydrogen) atoms. The Morgan fingerprint density at radius 2 is 1.70 bits per heavy atom. The maximum absolute atomic E-state index is 11.9. The molecule has 1 aliphatic carbocycles. The first-order valence-corrected chi connectivity index (χ1v) is 6.43. The van der Waals surface area contributed by atoms with Crippen LogP contribution in [0.5, 0.6) is 0 Å². The molecule has 1 saturated carbocycles. The van der Waals surface area contributed by atoms with E-state index in [1.807, 2.05) is 18.2 Å². The molecule has 1 aromatic rings. The van der Waals surface area contributed by atoms with Crippen LogP contribution in [0.2, 0.25) is 0 Å². The van der Waals surface area contributed by atoms with Crippen LogP contribution in [0.3, 0.4) is 0 Å². The summed E-state index contributed by atoms with van der Waals surface area (Å²) in [6.45, 7) is 0.0532. The highest BCUT2D eigenvalue weighted by Crippen LogP contribution is 2.27. The van der Waals surface area contributed by atoms with E-state index in [9.17, 15) is 25.2 Å². The van der Waals surface area contributed by atoms with Crippen molar-refractivity contribution >= 4 is 5.97 Å². The van der Waals surface area contributed by atoms with Crippen molar-refractivity contribution in [2.75, 3.05) is 0 Å². The van der Waals surface area contributed by atoms with Gasteiger partial charge in [0.2, 0.25) is 0 Å². The Bertz CT molecular complexity index is 448. The van der Waals surface area contributed by atoms with Gasteiger partial charge in [-0.05, 0) is 12.0 Å². The van der Waals surface area contributed by atoms with Crippen molar-refractivity contribution in [1.82, 2.24) is 0 Å². The van der Waals surface area contributed by atoms with Gasteiger partial charge in [0, 0.05) is 0 Å². The van der Waals surface area contributed by atoms with Crippen LogP contribution in [0.15, 0.2) is 30.3 Å². The fourth-order valence-corrected chi connectivity index (χ4v) is 2.28.